The van der Waals surface area contributed by atoms with Crippen molar-refractivity contribution in [2.24, 2.45) is 0 Å². The number of ether oxygens (including phenoxy) is 1. The Bertz CT molecular complexity index is 905. The highest BCUT2D eigenvalue weighted by atomic mass is 35.5. The number of fused-ring (bicyclic) bond motifs is 2. The van der Waals surface area contributed by atoms with Crippen molar-refractivity contribution in [1.82, 2.24) is 4.98 Å². The Labute approximate surface area is 141 Å². The van der Waals surface area contributed by atoms with E-state index in [9.17, 15) is 4.79 Å². The standard InChI is InChI=1S/C16H12Cl3NO2/c17-4-1-5-22-9-2-3-10-14(6-9)20-15-8-13(19)12(18)7-11(15)16(10)21/h2-3,6-8H,1,4-5H2,(H,20,21). The maximum atomic E-state index is 12.5. The summed E-state index contributed by atoms with van der Waals surface area (Å²) in [4.78, 5) is 15.7. The molecular formula is C16H12Cl3NO2. The van der Waals surface area contributed by atoms with Gasteiger partial charge in [-0.15, -0.1) is 11.6 Å². The van der Waals surface area contributed by atoms with Crippen molar-refractivity contribution in [3.63, 3.8) is 0 Å². The fourth-order valence-corrected chi connectivity index (χ4v) is 2.72. The summed E-state index contributed by atoms with van der Waals surface area (Å²) in [6, 6.07) is 8.55. The molecule has 1 N–H and O–H groups in total. The number of nitrogens with one attached hydrogen (secondary N) is 1. The average molecular weight is 357 g/mol. The third kappa shape index (κ3) is 2.89. The molecule has 0 radical (unpaired) electrons. The number of pyridine rings is 1. The van der Waals surface area contributed by atoms with E-state index in [-0.39, 0.29) is 5.43 Å². The van der Waals surface area contributed by atoms with Gasteiger partial charge in [0.1, 0.15) is 5.75 Å². The van der Waals surface area contributed by atoms with Crippen LogP contribution in [0.25, 0.3) is 21.8 Å². The van der Waals surface area contributed by atoms with Gasteiger partial charge in [-0.1, -0.05) is 23.2 Å². The summed E-state index contributed by atoms with van der Waals surface area (Å²) in [5, 5.41) is 1.85. The minimum absolute atomic E-state index is 0.0883. The zero-order valence-corrected chi connectivity index (χ0v) is 13.7. The summed E-state index contributed by atoms with van der Waals surface area (Å²) in [6.45, 7) is 0.536. The molecule has 0 bridgehead atoms. The van der Waals surface area contributed by atoms with Gasteiger partial charge in [-0.05, 0) is 30.7 Å². The normalized spacial score (nSPS) is 11.2. The molecule has 114 valence electrons. The number of rotatable bonds is 4. The number of hydrogen-bond donors (Lipinski definition) is 1. The Balaban J connectivity index is 2.15. The molecule has 1 aromatic heterocycles. The first kappa shape index (κ1) is 15.5. The molecule has 0 saturated carbocycles. The van der Waals surface area contributed by atoms with Crippen molar-refractivity contribution in [2.75, 3.05) is 12.5 Å². The van der Waals surface area contributed by atoms with Crippen molar-refractivity contribution in [1.29, 1.82) is 0 Å². The Hall–Kier alpha value is -1.42. The number of H-pyrrole nitrogens is 1. The highest BCUT2D eigenvalue weighted by Gasteiger charge is 2.09. The molecule has 3 aromatic rings. The van der Waals surface area contributed by atoms with Crippen LogP contribution < -0.4 is 10.2 Å². The lowest BCUT2D eigenvalue weighted by Crippen LogP contribution is -2.05. The molecule has 2 aromatic carbocycles. The highest BCUT2D eigenvalue weighted by molar-refractivity contribution is 6.42. The lowest BCUT2D eigenvalue weighted by Gasteiger charge is -2.08. The van der Waals surface area contributed by atoms with Crippen LogP contribution in [-0.2, 0) is 0 Å². The van der Waals surface area contributed by atoms with E-state index < -0.39 is 0 Å². The lowest BCUT2D eigenvalue weighted by atomic mass is 10.1. The maximum Gasteiger partial charge on any atom is 0.197 e. The van der Waals surface area contributed by atoms with Gasteiger partial charge in [-0.3, -0.25) is 4.79 Å². The third-order valence-electron chi connectivity index (χ3n) is 3.36. The second kappa shape index (κ2) is 6.37. The highest BCUT2D eigenvalue weighted by Crippen LogP contribution is 2.27. The molecule has 3 rings (SSSR count). The fourth-order valence-electron chi connectivity index (χ4n) is 2.29. The Morgan fingerprint density at radius 3 is 2.50 bits per heavy atom. The van der Waals surface area contributed by atoms with Crippen molar-refractivity contribution < 1.29 is 4.74 Å². The van der Waals surface area contributed by atoms with Crippen molar-refractivity contribution in [2.45, 2.75) is 6.42 Å². The van der Waals surface area contributed by atoms with Crippen LogP contribution in [0, 0.1) is 0 Å². The van der Waals surface area contributed by atoms with Gasteiger partial charge in [-0.2, -0.15) is 0 Å². The van der Waals surface area contributed by atoms with Crippen LogP contribution in [0.3, 0.4) is 0 Å². The van der Waals surface area contributed by atoms with Crippen LogP contribution in [-0.4, -0.2) is 17.5 Å². The van der Waals surface area contributed by atoms with E-state index in [1.54, 1.807) is 30.3 Å². The number of aromatic nitrogens is 1. The van der Waals surface area contributed by atoms with Crippen molar-refractivity contribution in [3.8, 4) is 5.75 Å². The van der Waals surface area contributed by atoms with E-state index in [0.717, 1.165) is 6.42 Å². The summed E-state index contributed by atoms with van der Waals surface area (Å²) >= 11 is 17.6. The summed E-state index contributed by atoms with van der Waals surface area (Å²) in [5.74, 6) is 1.24. The fraction of sp³-hybridized carbons (Fsp3) is 0.188. The summed E-state index contributed by atoms with van der Waals surface area (Å²) in [7, 11) is 0. The average Bonchev–Trinajstić information content (AvgIpc) is 2.50. The van der Waals surface area contributed by atoms with Gasteiger partial charge in [0, 0.05) is 22.7 Å². The SMILES string of the molecule is O=c1c2ccc(OCCCCl)cc2[nH]c2cc(Cl)c(Cl)cc12. The van der Waals surface area contributed by atoms with Crippen LogP contribution in [0.2, 0.25) is 10.0 Å². The van der Waals surface area contributed by atoms with Crippen LogP contribution in [0.4, 0.5) is 0 Å². The molecule has 0 unspecified atom stereocenters. The monoisotopic (exact) mass is 355 g/mol. The lowest BCUT2D eigenvalue weighted by molar-refractivity contribution is 0.318. The molecule has 3 nitrogen and oxygen atoms in total. The smallest absolute Gasteiger partial charge is 0.197 e. The molecule has 0 spiro atoms. The molecule has 0 aliphatic carbocycles. The van der Waals surface area contributed by atoms with E-state index >= 15 is 0 Å². The van der Waals surface area contributed by atoms with E-state index in [4.69, 9.17) is 39.5 Å². The topological polar surface area (TPSA) is 42.1 Å². The van der Waals surface area contributed by atoms with Gasteiger partial charge < -0.3 is 9.72 Å². The Kier molecular flexibility index (Phi) is 4.48. The molecule has 1 heterocycles. The van der Waals surface area contributed by atoms with Gasteiger partial charge in [0.05, 0.1) is 27.7 Å². The molecule has 0 amide bonds. The molecule has 0 aliphatic rings. The first-order valence-electron chi connectivity index (χ1n) is 6.73. The first-order valence-corrected chi connectivity index (χ1v) is 8.03. The van der Waals surface area contributed by atoms with E-state index in [1.807, 2.05) is 0 Å². The number of benzene rings is 2. The molecule has 0 atom stereocenters. The minimum Gasteiger partial charge on any atom is -0.493 e. The second-order valence-corrected chi connectivity index (χ2v) is 6.06. The number of aromatic amines is 1. The summed E-state index contributed by atoms with van der Waals surface area (Å²) in [6.07, 6.45) is 0.766. The predicted octanol–water partition coefficient (Wildman–Crippen LogP) is 5.00. The second-order valence-electron chi connectivity index (χ2n) is 4.86. The maximum absolute atomic E-state index is 12.5. The van der Waals surface area contributed by atoms with E-state index in [2.05, 4.69) is 4.98 Å². The minimum atomic E-state index is -0.0883. The van der Waals surface area contributed by atoms with E-state index in [1.165, 1.54) is 0 Å². The summed E-state index contributed by atoms with van der Waals surface area (Å²) < 4.78 is 5.60. The zero-order chi connectivity index (χ0) is 15.7. The molecule has 22 heavy (non-hydrogen) atoms. The van der Waals surface area contributed by atoms with Gasteiger partial charge >= 0.3 is 0 Å². The van der Waals surface area contributed by atoms with Crippen LogP contribution >= 0.6 is 34.8 Å². The van der Waals surface area contributed by atoms with Crippen molar-refractivity contribution in [3.05, 3.63) is 50.6 Å². The van der Waals surface area contributed by atoms with Gasteiger partial charge in [0.2, 0.25) is 0 Å². The van der Waals surface area contributed by atoms with Crippen molar-refractivity contribution >= 4 is 56.6 Å². The summed E-state index contributed by atoms with van der Waals surface area (Å²) in [5.41, 5.74) is 1.25. The van der Waals surface area contributed by atoms with Gasteiger partial charge in [-0.25, -0.2) is 0 Å². The van der Waals surface area contributed by atoms with Crippen LogP contribution in [0.15, 0.2) is 35.1 Å². The third-order valence-corrected chi connectivity index (χ3v) is 4.35. The van der Waals surface area contributed by atoms with Crippen LogP contribution in [0.1, 0.15) is 6.42 Å². The van der Waals surface area contributed by atoms with Gasteiger partial charge in [0.15, 0.2) is 5.43 Å². The quantitative estimate of drug-likeness (QED) is 0.406. The molecular weight excluding hydrogens is 345 g/mol. The van der Waals surface area contributed by atoms with Crippen LogP contribution in [0.5, 0.6) is 5.75 Å². The Morgan fingerprint density at radius 2 is 1.73 bits per heavy atom. The number of hydrogen-bond acceptors (Lipinski definition) is 2. The van der Waals surface area contributed by atoms with Gasteiger partial charge in [0.25, 0.3) is 0 Å². The molecule has 0 fully saturated rings. The predicted molar refractivity (Wildman–Crippen MR) is 92.9 cm³/mol. The molecule has 6 heteroatoms. The molecule has 0 saturated heterocycles. The molecule has 0 aliphatic heterocycles. The largest absolute Gasteiger partial charge is 0.493 e. The first-order chi connectivity index (χ1) is 10.6. The number of alkyl halides is 1. The number of halogens is 3. The zero-order valence-electron chi connectivity index (χ0n) is 11.5. The Morgan fingerprint density at radius 1 is 1.00 bits per heavy atom. The van der Waals surface area contributed by atoms with E-state index in [0.29, 0.717) is 50.1 Å².